The third-order valence-corrected chi connectivity index (χ3v) is 6.39. The van der Waals surface area contributed by atoms with Crippen molar-refractivity contribution < 1.29 is 13.2 Å². The fourth-order valence-corrected chi connectivity index (χ4v) is 4.73. The predicted octanol–water partition coefficient (Wildman–Crippen LogP) is 1.91. The highest BCUT2D eigenvalue weighted by Crippen LogP contribution is 2.29. The molecule has 1 aromatic heterocycles. The quantitative estimate of drug-likeness (QED) is 0.919. The Morgan fingerprint density at radius 2 is 2.10 bits per heavy atom. The van der Waals surface area contributed by atoms with Crippen LogP contribution in [0.25, 0.3) is 0 Å². The molecule has 0 amide bonds. The topological polar surface area (TPSA) is 72.6 Å². The molecule has 0 bridgehead atoms. The summed E-state index contributed by atoms with van der Waals surface area (Å²) >= 11 is 1.14. The summed E-state index contributed by atoms with van der Waals surface area (Å²) in [6.07, 6.45) is 0. The standard InChI is InChI=1S/C13H14N2O3S2/c14-11-7-13(19-9-11)20(16,17)15-5-6-18-12-4-2-1-3-10(12)8-15/h1-4,7,9H,5-6,8,14H2. The Kier molecular flexibility index (Phi) is 3.41. The monoisotopic (exact) mass is 310 g/mol. The van der Waals surface area contributed by atoms with Crippen LogP contribution in [0.15, 0.2) is 39.9 Å². The highest BCUT2D eigenvalue weighted by Gasteiger charge is 2.28. The van der Waals surface area contributed by atoms with Crippen LogP contribution in [0.1, 0.15) is 5.56 Å². The van der Waals surface area contributed by atoms with Gasteiger partial charge in [0.2, 0.25) is 0 Å². The van der Waals surface area contributed by atoms with E-state index in [9.17, 15) is 8.42 Å². The number of ether oxygens (including phenoxy) is 1. The third kappa shape index (κ3) is 2.39. The highest BCUT2D eigenvalue weighted by molar-refractivity contribution is 7.91. The number of rotatable bonds is 2. The van der Waals surface area contributed by atoms with Gasteiger partial charge in [-0.25, -0.2) is 8.42 Å². The lowest BCUT2D eigenvalue weighted by atomic mass is 10.2. The lowest BCUT2D eigenvalue weighted by molar-refractivity contribution is 0.293. The van der Waals surface area contributed by atoms with Gasteiger partial charge in [-0.1, -0.05) is 18.2 Å². The van der Waals surface area contributed by atoms with Crippen molar-refractivity contribution in [2.24, 2.45) is 0 Å². The number of para-hydroxylation sites is 1. The maximum Gasteiger partial charge on any atom is 0.253 e. The second-order valence-corrected chi connectivity index (χ2v) is 7.57. The minimum atomic E-state index is -3.52. The molecule has 0 spiro atoms. The van der Waals surface area contributed by atoms with Gasteiger partial charge in [0, 0.05) is 29.7 Å². The number of sulfonamides is 1. The van der Waals surface area contributed by atoms with Crippen molar-refractivity contribution in [2.45, 2.75) is 10.8 Å². The Hall–Kier alpha value is -1.57. The zero-order valence-electron chi connectivity index (χ0n) is 10.7. The molecule has 0 unspecified atom stereocenters. The molecule has 1 aliphatic heterocycles. The van der Waals surface area contributed by atoms with E-state index in [2.05, 4.69) is 0 Å². The Morgan fingerprint density at radius 1 is 1.30 bits per heavy atom. The lowest BCUT2D eigenvalue weighted by Crippen LogP contribution is -2.32. The number of benzene rings is 1. The van der Waals surface area contributed by atoms with Gasteiger partial charge in [-0.05, 0) is 12.1 Å². The van der Waals surface area contributed by atoms with Crippen LogP contribution in [-0.4, -0.2) is 25.9 Å². The number of nitrogens with two attached hydrogens (primary N) is 1. The van der Waals surface area contributed by atoms with E-state index in [0.717, 1.165) is 22.6 Å². The first-order valence-corrected chi connectivity index (χ1v) is 8.44. The molecule has 7 heteroatoms. The fraction of sp³-hybridized carbons (Fsp3) is 0.231. The van der Waals surface area contributed by atoms with E-state index in [1.807, 2.05) is 24.3 Å². The van der Waals surface area contributed by atoms with E-state index in [4.69, 9.17) is 10.5 Å². The highest BCUT2D eigenvalue weighted by atomic mass is 32.2. The first-order valence-electron chi connectivity index (χ1n) is 6.12. The summed E-state index contributed by atoms with van der Waals surface area (Å²) in [5, 5.41) is 1.63. The summed E-state index contributed by atoms with van der Waals surface area (Å²) in [6.45, 7) is 0.988. The van der Waals surface area contributed by atoms with Gasteiger partial charge in [0.1, 0.15) is 16.6 Å². The number of hydrogen-bond donors (Lipinski definition) is 1. The summed E-state index contributed by atoms with van der Waals surface area (Å²) in [6, 6.07) is 8.99. The molecule has 0 saturated carbocycles. The van der Waals surface area contributed by atoms with Crippen LogP contribution in [-0.2, 0) is 16.6 Å². The van der Waals surface area contributed by atoms with E-state index in [0.29, 0.717) is 25.4 Å². The van der Waals surface area contributed by atoms with Gasteiger partial charge >= 0.3 is 0 Å². The van der Waals surface area contributed by atoms with Gasteiger partial charge in [-0.3, -0.25) is 0 Å². The first kappa shape index (κ1) is 13.4. The summed E-state index contributed by atoms with van der Waals surface area (Å²) in [7, 11) is -3.52. The molecule has 106 valence electrons. The summed E-state index contributed by atoms with van der Waals surface area (Å²) in [4.78, 5) is 0. The molecule has 3 rings (SSSR count). The fourth-order valence-electron chi connectivity index (χ4n) is 2.10. The molecule has 0 aliphatic carbocycles. The molecule has 20 heavy (non-hydrogen) atoms. The maximum atomic E-state index is 12.6. The van der Waals surface area contributed by atoms with Crippen LogP contribution in [0.4, 0.5) is 5.69 Å². The number of thiophene rings is 1. The molecule has 1 aliphatic rings. The number of anilines is 1. The Balaban J connectivity index is 1.95. The molecule has 2 heterocycles. The number of nitrogen functional groups attached to an aromatic ring is 1. The van der Waals surface area contributed by atoms with E-state index < -0.39 is 10.0 Å². The van der Waals surface area contributed by atoms with Crippen LogP contribution in [0, 0.1) is 0 Å². The zero-order chi connectivity index (χ0) is 14.2. The van der Waals surface area contributed by atoms with Gasteiger partial charge in [-0.2, -0.15) is 4.31 Å². The number of hydrogen-bond acceptors (Lipinski definition) is 5. The van der Waals surface area contributed by atoms with E-state index in [1.165, 1.54) is 10.4 Å². The van der Waals surface area contributed by atoms with Crippen LogP contribution < -0.4 is 10.5 Å². The predicted molar refractivity (Wildman–Crippen MR) is 78.3 cm³/mol. The Bertz CT molecular complexity index is 725. The van der Waals surface area contributed by atoms with Crippen molar-refractivity contribution >= 4 is 27.0 Å². The van der Waals surface area contributed by atoms with Gasteiger partial charge in [0.15, 0.2) is 0 Å². The molecule has 0 fully saturated rings. The molecule has 1 aromatic carbocycles. The second kappa shape index (κ2) is 5.08. The molecular weight excluding hydrogens is 296 g/mol. The zero-order valence-corrected chi connectivity index (χ0v) is 12.3. The summed E-state index contributed by atoms with van der Waals surface area (Å²) in [5.74, 6) is 0.746. The normalized spacial score (nSPS) is 16.2. The van der Waals surface area contributed by atoms with Crippen molar-refractivity contribution in [2.75, 3.05) is 18.9 Å². The van der Waals surface area contributed by atoms with Gasteiger partial charge in [0.25, 0.3) is 10.0 Å². The van der Waals surface area contributed by atoms with Crippen LogP contribution in [0.3, 0.4) is 0 Å². The Morgan fingerprint density at radius 3 is 2.85 bits per heavy atom. The average Bonchev–Trinajstić information content (AvgIpc) is 2.75. The lowest BCUT2D eigenvalue weighted by Gasteiger charge is -2.18. The summed E-state index contributed by atoms with van der Waals surface area (Å²) in [5.41, 5.74) is 6.96. The SMILES string of the molecule is Nc1csc(S(=O)(=O)N2CCOc3ccccc3C2)c1. The minimum absolute atomic E-state index is 0.273. The van der Waals surface area contributed by atoms with Crippen molar-refractivity contribution in [1.29, 1.82) is 0 Å². The van der Waals surface area contributed by atoms with Crippen LogP contribution in [0.2, 0.25) is 0 Å². The smallest absolute Gasteiger partial charge is 0.253 e. The van der Waals surface area contributed by atoms with E-state index in [-0.39, 0.29) is 4.21 Å². The Labute approximate surface area is 121 Å². The first-order chi connectivity index (χ1) is 9.57. The summed E-state index contributed by atoms with van der Waals surface area (Å²) < 4.78 is 32.5. The van der Waals surface area contributed by atoms with Gasteiger partial charge < -0.3 is 10.5 Å². The molecular formula is C13H14N2O3S2. The van der Waals surface area contributed by atoms with E-state index in [1.54, 1.807) is 5.38 Å². The van der Waals surface area contributed by atoms with Crippen molar-refractivity contribution in [3.8, 4) is 5.75 Å². The largest absolute Gasteiger partial charge is 0.492 e. The molecule has 0 saturated heterocycles. The van der Waals surface area contributed by atoms with E-state index >= 15 is 0 Å². The number of nitrogens with zero attached hydrogens (tertiary/aromatic N) is 1. The number of fused-ring (bicyclic) bond motifs is 1. The molecule has 5 nitrogen and oxygen atoms in total. The van der Waals surface area contributed by atoms with Crippen molar-refractivity contribution in [3.63, 3.8) is 0 Å². The minimum Gasteiger partial charge on any atom is -0.492 e. The molecule has 0 atom stereocenters. The van der Waals surface area contributed by atoms with Gasteiger partial charge in [0.05, 0.1) is 0 Å². The molecule has 2 aromatic rings. The van der Waals surface area contributed by atoms with Crippen LogP contribution in [0.5, 0.6) is 5.75 Å². The third-order valence-electron chi connectivity index (χ3n) is 3.11. The second-order valence-electron chi connectivity index (χ2n) is 4.49. The van der Waals surface area contributed by atoms with Crippen LogP contribution >= 0.6 is 11.3 Å². The molecule has 0 radical (unpaired) electrons. The molecule has 2 N–H and O–H groups in total. The van der Waals surface area contributed by atoms with Gasteiger partial charge in [-0.15, -0.1) is 11.3 Å². The average molecular weight is 310 g/mol. The van der Waals surface area contributed by atoms with Crippen molar-refractivity contribution in [1.82, 2.24) is 4.31 Å². The maximum absolute atomic E-state index is 12.6. The van der Waals surface area contributed by atoms with Crippen molar-refractivity contribution in [3.05, 3.63) is 41.3 Å².